The molecule has 2 amide bonds. The van der Waals surface area contributed by atoms with Gasteiger partial charge in [0.25, 0.3) is 0 Å². The van der Waals surface area contributed by atoms with Crippen LogP contribution in [0.2, 0.25) is 0 Å². The molecule has 2 aromatic rings. The number of carbonyl (C=O) groups is 1. The molecule has 0 saturated carbocycles. The number of aliphatic hydroxyl groups excluding tert-OH is 2. The van der Waals surface area contributed by atoms with Crippen molar-refractivity contribution in [1.82, 2.24) is 10.2 Å². The van der Waals surface area contributed by atoms with Gasteiger partial charge < -0.3 is 25.6 Å². The number of carbonyl (C=O) groups excluding carboxylic acids is 1. The molecule has 0 unspecified atom stereocenters. The number of aliphatic hydroxyl groups is 2. The van der Waals surface area contributed by atoms with Crippen molar-refractivity contribution in [2.24, 2.45) is 0 Å². The second-order valence-corrected chi connectivity index (χ2v) is 7.72. The Balaban J connectivity index is 1.56. The number of hydrogen-bond donors (Lipinski definition) is 4. The lowest BCUT2D eigenvalue weighted by Gasteiger charge is -2.30. The lowest BCUT2D eigenvalue weighted by Crippen LogP contribution is -2.50. The van der Waals surface area contributed by atoms with Crippen LogP contribution in [0.4, 0.5) is 10.5 Å². The second-order valence-electron chi connectivity index (χ2n) is 6.94. The standard InChI is InChI=1S/C20H27N3O4S/c1-23(9-7-14-5-3-2-4-6-14)18-16(27-17(12-24)19(18)25)11-21-20(26)22-15-8-10-28-13-15/h2-6,8,10,13,16-19,24-25H,7,9,11-12H2,1H3,(H2,21,22,26)/t16-,17+,18+,19-/m1/s1. The van der Waals surface area contributed by atoms with E-state index in [0.29, 0.717) is 0 Å². The molecule has 3 rings (SSSR count). The summed E-state index contributed by atoms with van der Waals surface area (Å²) >= 11 is 1.50. The molecule has 4 N–H and O–H groups in total. The number of rotatable bonds is 8. The third-order valence-electron chi connectivity index (χ3n) is 4.99. The summed E-state index contributed by atoms with van der Waals surface area (Å²) in [4.78, 5) is 14.1. The Morgan fingerprint density at radius 2 is 2.04 bits per heavy atom. The zero-order valence-electron chi connectivity index (χ0n) is 15.8. The van der Waals surface area contributed by atoms with E-state index in [1.165, 1.54) is 16.9 Å². The molecular weight excluding hydrogens is 378 g/mol. The number of hydrogen-bond acceptors (Lipinski definition) is 6. The van der Waals surface area contributed by atoms with E-state index < -0.39 is 18.3 Å². The van der Waals surface area contributed by atoms with Gasteiger partial charge in [-0.15, -0.1) is 0 Å². The van der Waals surface area contributed by atoms with Gasteiger partial charge in [-0.1, -0.05) is 30.3 Å². The molecule has 7 nitrogen and oxygen atoms in total. The van der Waals surface area contributed by atoms with Gasteiger partial charge in [0.2, 0.25) is 0 Å². The smallest absolute Gasteiger partial charge is 0.319 e. The maximum absolute atomic E-state index is 12.1. The molecule has 0 radical (unpaired) electrons. The van der Waals surface area contributed by atoms with Crippen molar-refractivity contribution in [1.29, 1.82) is 0 Å². The monoisotopic (exact) mass is 405 g/mol. The minimum atomic E-state index is -0.822. The number of nitrogens with zero attached hydrogens (tertiary/aromatic N) is 1. The first kappa shape index (κ1) is 20.8. The number of likely N-dealkylation sites (N-methyl/N-ethyl adjacent to an activating group) is 1. The molecule has 1 aromatic heterocycles. The SMILES string of the molecule is CN(CCc1ccccc1)[C@@H]1[C@H](O)[C@H](CO)O[C@@H]1CNC(=O)Nc1ccsc1. The Morgan fingerprint density at radius 3 is 2.71 bits per heavy atom. The van der Waals surface area contributed by atoms with Crippen LogP contribution in [0.15, 0.2) is 47.2 Å². The van der Waals surface area contributed by atoms with Crippen molar-refractivity contribution in [3.05, 3.63) is 52.7 Å². The summed E-state index contributed by atoms with van der Waals surface area (Å²) in [7, 11) is 1.93. The second kappa shape index (κ2) is 9.99. The number of urea groups is 1. The summed E-state index contributed by atoms with van der Waals surface area (Å²) in [6.07, 6.45) is -1.06. The molecule has 1 saturated heterocycles. The van der Waals surface area contributed by atoms with Gasteiger partial charge in [-0.2, -0.15) is 11.3 Å². The number of benzene rings is 1. The molecule has 1 aliphatic rings. The normalized spacial score (nSPS) is 24.4. The highest BCUT2D eigenvalue weighted by atomic mass is 32.1. The zero-order chi connectivity index (χ0) is 19.9. The van der Waals surface area contributed by atoms with Crippen LogP contribution in [0, 0.1) is 0 Å². The molecular formula is C20H27N3O4S. The molecule has 1 fully saturated rings. The van der Waals surface area contributed by atoms with Gasteiger partial charge in [0.05, 0.1) is 24.4 Å². The Kier molecular flexibility index (Phi) is 7.41. The maximum Gasteiger partial charge on any atom is 0.319 e. The molecule has 4 atom stereocenters. The highest BCUT2D eigenvalue weighted by Gasteiger charge is 2.45. The van der Waals surface area contributed by atoms with Crippen molar-refractivity contribution in [3.8, 4) is 0 Å². The number of ether oxygens (including phenoxy) is 1. The van der Waals surface area contributed by atoms with Crippen LogP contribution in [-0.4, -0.2) is 72.2 Å². The molecule has 152 valence electrons. The van der Waals surface area contributed by atoms with Crippen molar-refractivity contribution in [2.75, 3.05) is 32.1 Å². The Labute approximate surface area is 168 Å². The Bertz CT molecular complexity index is 728. The fourth-order valence-electron chi connectivity index (χ4n) is 3.49. The molecule has 1 aliphatic heterocycles. The fraction of sp³-hybridized carbons (Fsp3) is 0.450. The fourth-order valence-corrected chi connectivity index (χ4v) is 4.08. The highest BCUT2D eigenvalue weighted by Crippen LogP contribution is 2.25. The number of anilines is 1. The zero-order valence-corrected chi connectivity index (χ0v) is 16.6. The third kappa shape index (κ3) is 5.30. The summed E-state index contributed by atoms with van der Waals surface area (Å²) < 4.78 is 5.81. The van der Waals surface area contributed by atoms with Gasteiger partial charge in [0, 0.05) is 18.5 Å². The van der Waals surface area contributed by atoms with Crippen molar-refractivity contribution >= 4 is 23.1 Å². The largest absolute Gasteiger partial charge is 0.394 e. The first-order valence-corrected chi connectivity index (χ1v) is 10.3. The lowest BCUT2D eigenvalue weighted by molar-refractivity contribution is -0.0205. The molecule has 0 bridgehead atoms. The van der Waals surface area contributed by atoms with Crippen molar-refractivity contribution in [2.45, 2.75) is 30.8 Å². The first-order valence-electron chi connectivity index (χ1n) is 9.34. The van der Waals surface area contributed by atoms with E-state index in [-0.39, 0.29) is 25.2 Å². The summed E-state index contributed by atoms with van der Waals surface area (Å²) in [5.74, 6) is 0. The van der Waals surface area contributed by atoms with E-state index in [2.05, 4.69) is 22.8 Å². The van der Waals surface area contributed by atoms with Gasteiger partial charge in [0.1, 0.15) is 12.2 Å². The van der Waals surface area contributed by atoms with E-state index in [0.717, 1.165) is 18.7 Å². The average Bonchev–Trinajstić information content (AvgIpc) is 3.32. The van der Waals surface area contributed by atoms with Crippen LogP contribution in [0.5, 0.6) is 0 Å². The van der Waals surface area contributed by atoms with Gasteiger partial charge in [-0.05, 0) is 30.5 Å². The molecule has 28 heavy (non-hydrogen) atoms. The van der Waals surface area contributed by atoms with E-state index in [9.17, 15) is 15.0 Å². The van der Waals surface area contributed by atoms with Crippen molar-refractivity contribution in [3.63, 3.8) is 0 Å². The molecule has 1 aromatic carbocycles. The van der Waals surface area contributed by atoms with Gasteiger partial charge >= 0.3 is 6.03 Å². The van der Waals surface area contributed by atoms with E-state index in [1.807, 2.05) is 47.0 Å². The van der Waals surface area contributed by atoms with E-state index in [1.54, 1.807) is 0 Å². The van der Waals surface area contributed by atoms with Gasteiger partial charge in [-0.25, -0.2) is 4.79 Å². The predicted octanol–water partition coefficient (Wildman–Crippen LogP) is 1.53. The quantitative estimate of drug-likeness (QED) is 0.534. The minimum absolute atomic E-state index is 0.240. The van der Waals surface area contributed by atoms with Crippen LogP contribution < -0.4 is 10.6 Å². The minimum Gasteiger partial charge on any atom is -0.394 e. The molecule has 8 heteroatoms. The van der Waals surface area contributed by atoms with E-state index in [4.69, 9.17) is 4.74 Å². The molecule has 0 aliphatic carbocycles. The maximum atomic E-state index is 12.1. The lowest BCUT2D eigenvalue weighted by atomic mass is 10.0. The van der Waals surface area contributed by atoms with Gasteiger partial charge in [-0.3, -0.25) is 4.90 Å². The van der Waals surface area contributed by atoms with Crippen LogP contribution in [-0.2, 0) is 11.2 Å². The van der Waals surface area contributed by atoms with Crippen LogP contribution in [0.3, 0.4) is 0 Å². The number of amides is 2. The van der Waals surface area contributed by atoms with E-state index >= 15 is 0 Å². The summed E-state index contributed by atoms with van der Waals surface area (Å²) in [6, 6.07) is 11.3. The van der Waals surface area contributed by atoms with Gasteiger partial charge in [0.15, 0.2) is 0 Å². The molecule has 2 heterocycles. The summed E-state index contributed by atoms with van der Waals surface area (Å²) in [6.45, 7) is 0.705. The number of nitrogens with one attached hydrogen (secondary N) is 2. The molecule has 0 spiro atoms. The number of thiophene rings is 1. The van der Waals surface area contributed by atoms with Crippen LogP contribution in [0.25, 0.3) is 0 Å². The first-order chi connectivity index (χ1) is 13.6. The Hall–Kier alpha value is -1.97. The van der Waals surface area contributed by atoms with Crippen LogP contribution >= 0.6 is 11.3 Å². The summed E-state index contributed by atoms with van der Waals surface area (Å²) in [5, 5.41) is 29.4. The predicted molar refractivity (Wildman–Crippen MR) is 110 cm³/mol. The highest BCUT2D eigenvalue weighted by molar-refractivity contribution is 7.08. The van der Waals surface area contributed by atoms with Crippen molar-refractivity contribution < 1.29 is 19.7 Å². The topological polar surface area (TPSA) is 94.1 Å². The third-order valence-corrected chi connectivity index (χ3v) is 5.67. The summed E-state index contributed by atoms with van der Waals surface area (Å²) in [5.41, 5.74) is 1.95. The van der Waals surface area contributed by atoms with Crippen LogP contribution in [0.1, 0.15) is 5.56 Å². The Morgan fingerprint density at radius 1 is 1.25 bits per heavy atom. The average molecular weight is 406 g/mol.